The van der Waals surface area contributed by atoms with Gasteiger partial charge in [-0.3, -0.25) is 4.79 Å². The molecule has 0 radical (unpaired) electrons. The number of anilines is 1. The molecule has 1 N–H and O–H groups in total. The van der Waals surface area contributed by atoms with Crippen LogP contribution >= 0.6 is 0 Å². The van der Waals surface area contributed by atoms with Crippen LogP contribution in [0.3, 0.4) is 0 Å². The average Bonchev–Trinajstić information content (AvgIpc) is 2.59. The van der Waals surface area contributed by atoms with Gasteiger partial charge in [0.2, 0.25) is 5.91 Å². The molecule has 0 saturated heterocycles. The number of ether oxygens (including phenoxy) is 2. The van der Waals surface area contributed by atoms with Crippen molar-refractivity contribution in [2.75, 3.05) is 18.5 Å². The Morgan fingerprint density at radius 2 is 1.68 bits per heavy atom. The van der Waals surface area contributed by atoms with Crippen molar-refractivity contribution >= 4 is 17.7 Å². The lowest BCUT2D eigenvalue weighted by atomic mass is 9.87. The van der Waals surface area contributed by atoms with Crippen LogP contribution in [0.5, 0.6) is 11.5 Å². The van der Waals surface area contributed by atoms with Crippen LogP contribution in [-0.2, 0) is 10.2 Å². The van der Waals surface area contributed by atoms with E-state index >= 15 is 0 Å². The average molecular weight is 337 g/mol. The van der Waals surface area contributed by atoms with Crippen molar-refractivity contribution < 1.29 is 14.3 Å². The van der Waals surface area contributed by atoms with E-state index in [1.807, 2.05) is 12.1 Å². The third-order valence-corrected chi connectivity index (χ3v) is 4.01. The lowest BCUT2D eigenvalue weighted by Crippen LogP contribution is -2.16. The van der Waals surface area contributed by atoms with Crippen LogP contribution in [-0.4, -0.2) is 19.1 Å². The zero-order chi connectivity index (χ0) is 17.9. The fourth-order valence-corrected chi connectivity index (χ4v) is 2.57. The van der Waals surface area contributed by atoms with Gasteiger partial charge in [0.1, 0.15) is 13.2 Å². The quantitative estimate of drug-likeness (QED) is 0.844. The van der Waals surface area contributed by atoms with Gasteiger partial charge in [-0.15, -0.1) is 0 Å². The van der Waals surface area contributed by atoms with E-state index in [-0.39, 0.29) is 11.3 Å². The second-order valence-electron chi connectivity index (χ2n) is 7.05. The van der Waals surface area contributed by atoms with Crippen LogP contribution in [0.4, 0.5) is 5.69 Å². The SMILES string of the molecule is CC(C)(C)c1ccc(C=CC(=O)Nc2ccc3c(c2)OCCO3)cc1. The van der Waals surface area contributed by atoms with Crippen LogP contribution in [0.1, 0.15) is 31.9 Å². The summed E-state index contributed by atoms with van der Waals surface area (Å²) in [5.41, 5.74) is 3.07. The Bertz CT molecular complexity index is 786. The minimum absolute atomic E-state index is 0.123. The first-order chi connectivity index (χ1) is 11.9. The van der Waals surface area contributed by atoms with E-state index in [4.69, 9.17) is 9.47 Å². The number of benzene rings is 2. The second kappa shape index (κ2) is 7.01. The highest BCUT2D eigenvalue weighted by Gasteiger charge is 2.13. The minimum atomic E-state index is -0.184. The molecule has 0 aromatic heterocycles. The Hall–Kier alpha value is -2.75. The van der Waals surface area contributed by atoms with Crippen molar-refractivity contribution in [2.45, 2.75) is 26.2 Å². The molecule has 0 saturated carbocycles. The summed E-state index contributed by atoms with van der Waals surface area (Å²) in [5, 5.41) is 2.84. The predicted molar refractivity (Wildman–Crippen MR) is 100 cm³/mol. The second-order valence-corrected chi connectivity index (χ2v) is 7.05. The number of carbonyl (C=O) groups is 1. The number of amides is 1. The smallest absolute Gasteiger partial charge is 0.248 e. The maximum atomic E-state index is 12.1. The first-order valence-electron chi connectivity index (χ1n) is 8.41. The van der Waals surface area contributed by atoms with Gasteiger partial charge in [0.05, 0.1) is 0 Å². The molecule has 3 rings (SSSR count). The molecule has 2 aromatic rings. The van der Waals surface area contributed by atoms with E-state index in [0.29, 0.717) is 30.4 Å². The highest BCUT2D eigenvalue weighted by atomic mass is 16.6. The van der Waals surface area contributed by atoms with Crippen LogP contribution in [0.2, 0.25) is 0 Å². The number of carbonyl (C=O) groups excluding carboxylic acids is 1. The lowest BCUT2D eigenvalue weighted by Gasteiger charge is -2.19. The molecule has 2 aromatic carbocycles. The number of hydrogen-bond acceptors (Lipinski definition) is 3. The maximum absolute atomic E-state index is 12.1. The topological polar surface area (TPSA) is 47.6 Å². The highest BCUT2D eigenvalue weighted by molar-refractivity contribution is 6.02. The summed E-state index contributed by atoms with van der Waals surface area (Å²) >= 11 is 0. The molecule has 1 aliphatic rings. The number of nitrogens with one attached hydrogen (secondary N) is 1. The van der Waals surface area contributed by atoms with Crippen LogP contribution in [0.25, 0.3) is 6.08 Å². The van der Waals surface area contributed by atoms with Crippen LogP contribution < -0.4 is 14.8 Å². The molecule has 0 atom stereocenters. The zero-order valence-electron chi connectivity index (χ0n) is 14.8. The predicted octanol–water partition coefficient (Wildman–Crippen LogP) is 4.41. The van der Waals surface area contributed by atoms with Gasteiger partial charge in [-0.1, -0.05) is 45.0 Å². The largest absolute Gasteiger partial charge is 0.486 e. The molecule has 0 fully saturated rings. The van der Waals surface area contributed by atoms with Crippen LogP contribution in [0.15, 0.2) is 48.5 Å². The summed E-state index contributed by atoms with van der Waals surface area (Å²) in [7, 11) is 0. The normalized spacial score (nSPS) is 13.7. The van der Waals surface area contributed by atoms with Crippen molar-refractivity contribution in [1.29, 1.82) is 0 Å². The van der Waals surface area contributed by atoms with Crippen molar-refractivity contribution in [3.8, 4) is 11.5 Å². The molecule has 1 heterocycles. The molecular formula is C21H23NO3. The summed E-state index contributed by atoms with van der Waals surface area (Å²) in [4.78, 5) is 12.1. The molecule has 4 heteroatoms. The summed E-state index contributed by atoms with van der Waals surface area (Å²) in [6.45, 7) is 7.61. The van der Waals surface area contributed by atoms with E-state index in [2.05, 4.69) is 38.2 Å². The molecule has 4 nitrogen and oxygen atoms in total. The van der Waals surface area contributed by atoms with Crippen molar-refractivity contribution in [3.05, 3.63) is 59.7 Å². The van der Waals surface area contributed by atoms with Crippen molar-refractivity contribution in [3.63, 3.8) is 0 Å². The summed E-state index contributed by atoms with van der Waals surface area (Å²) < 4.78 is 11.0. The fourth-order valence-electron chi connectivity index (χ4n) is 2.57. The first kappa shape index (κ1) is 17.1. The first-order valence-corrected chi connectivity index (χ1v) is 8.41. The Morgan fingerprint density at radius 3 is 2.36 bits per heavy atom. The Labute approximate surface area is 148 Å². The summed E-state index contributed by atoms with van der Waals surface area (Å²) in [6.07, 6.45) is 3.34. The summed E-state index contributed by atoms with van der Waals surface area (Å²) in [5.74, 6) is 1.18. The molecule has 1 amide bonds. The van der Waals surface area contributed by atoms with E-state index in [1.165, 1.54) is 11.6 Å². The van der Waals surface area contributed by atoms with E-state index in [1.54, 1.807) is 24.3 Å². The van der Waals surface area contributed by atoms with Gasteiger partial charge in [-0.05, 0) is 34.8 Å². The van der Waals surface area contributed by atoms with Gasteiger partial charge in [-0.2, -0.15) is 0 Å². The third-order valence-electron chi connectivity index (χ3n) is 4.01. The molecule has 0 unspecified atom stereocenters. The van der Waals surface area contributed by atoms with E-state index < -0.39 is 0 Å². The fraction of sp³-hybridized carbons (Fsp3) is 0.286. The third kappa shape index (κ3) is 4.41. The number of fused-ring (bicyclic) bond motifs is 1. The summed E-state index contributed by atoms with van der Waals surface area (Å²) in [6, 6.07) is 13.6. The maximum Gasteiger partial charge on any atom is 0.248 e. The molecule has 0 bridgehead atoms. The number of hydrogen-bond donors (Lipinski definition) is 1. The van der Waals surface area contributed by atoms with Gasteiger partial charge >= 0.3 is 0 Å². The monoisotopic (exact) mass is 337 g/mol. The molecule has 25 heavy (non-hydrogen) atoms. The lowest BCUT2D eigenvalue weighted by molar-refractivity contribution is -0.111. The molecular weight excluding hydrogens is 314 g/mol. The zero-order valence-corrected chi connectivity index (χ0v) is 14.8. The van der Waals surface area contributed by atoms with Gasteiger partial charge < -0.3 is 14.8 Å². The Morgan fingerprint density at radius 1 is 1.00 bits per heavy atom. The van der Waals surface area contributed by atoms with Crippen molar-refractivity contribution in [1.82, 2.24) is 0 Å². The van der Waals surface area contributed by atoms with Crippen molar-refractivity contribution in [2.24, 2.45) is 0 Å². The van der Waals surface area contributed by atoms with E-state index in [0.717, 1.165) is 5.56 Å². The molecule has 130 valence electrons. The van der Waals surface area contributed by atoms with Gasteiger partial charge in [0.25, 0.3) is 0 Å². The van der Waals surface area contributed by atoms with Crippen LogP contribution in [0, 0.1) is 0 Å². The molecule has 0 aliphatic carbocycles. The standard InChI is InChI=1S/C21H23NO3/c1-21(2,3)16-7-4-15(5-8-16)6-11-20(23)22-17-9-10-18-19(14-17)25-13-12-24-18/h4-11,14H,12-13H2,1-3H3,(H,22,23). The van der Waals surface area contributed by atoms with Gasteiger partial charge in [0.15, 0.2) is 11.5 Å². The van der Waals surface area contributed by atoms with Gasteiger partial charge in [0, 0.05) is 17.8 Å². The highest BCUT2D eigenvalue weighted by Crippen LogP contribution is 2.32. The Kier molecular flexibility index (Phi) is 4.79. The Balaban J connectivity index is 1.63. The molecule has 1 aliphatic heterocycles. The molecule has 0 spiro atoms. The number of rotatable bonds is 3. The van der Waals surface area contributed by atoms with Gasteiger partial charge in [-0.25, -0.2) is 0 Å². The van der Waals surface area contributed by atoms with E-state index in [9.17, 15) is 4.79 Å². The minimum Gasteiger partial charge on any atom is -0.486 e.